The summed E-state index contributed by atoms with van der Waals surface area (Å²) in [5, 5.41) is 8.40. The van der Waals surface area contributed by atoms with Gasteiger partial charge >= 0.3 is 11.9 Å². The third-order valence-electron chi connectivity index (χ3n) is 1.43. The average Bonchev–Trinajstić information content (AvgIpc) is 2.29. The van der Waals surface area contributed by atoms with Gasteiger partial charge in [-0.1, -0.05) is 0 Å². The number of aliphatic carboxylic acids is 1. The molecule has 66 valence electrons. The van der Waals surface area contributed by atoms with E-state index in [9.17, 15) is 9.59 Å². The van der Waals surface area contributed by atoms with Crippen LogP contribution in [0.4, 0.5) is 0 Å². The number of esters is 1. The normalized spacial score (nSPS) is 21.6. The molecule has 0 aromatic rings. The molecule has 1 aliphatic rings. The van der Waals surface area contributed by atoms with E-state index in [4.69, 9.17) is 9.84 Å². The van der Waals surface area contributed by atoms with E-state index in [2.05, 4.69) is 4.74 Å². The summed E-state index contributed by atoms with van der Waals surface area (Å²) in [5.41, 5.74) is 0. The summed E-state index contributed by atoms with van der Waals surface area (Å²) >= 11 is 0. The van der Waals surface area contributed by atoms with Crippen molar-refractivity contribution in [3.8, 4) is 0 Å². The van der Waals surface area contributed by atoms with Crippen molar-refractivity contribution >= 4 is 11.9 Å². The molecule has 0 fully saturated rings. The van der Waals surface area contributed by atoms with Crippen LogP contribution in [0.15, 0.2) is 11.8 Å². The highest BCUT2D eigenvalue weighted by molar-refractivity contribution is 5.86. The maximum absolute atomic E-state index is 10.6. The van der Waals surface area contributed by atoms with Crippen LogP contribution in [-0.2, 0) is 19.1 Å². The van der Waals surface area contributed by atoms with Gasteiger partial charge in [-0.15, -0.1) is 0 Å². The van der Waals surface area contributed by atoms with Crippen molar-refractivity contribution in [3.63, 3.8) is 0 Å². The molecule has 0 aliphatic carbocycles. The van der Waals surface area contributed by atoms with Gasteiger partial charge in [-0.25, -0.2) is 4.79 Å². The summed E-state index contributed by atoms with van der Waals surface area (Å²) in [7, 11) is 1.36. The maximum atomic E-state index is 10.6. The first-order chi connectivity index (χ1) is 5.63. The van der Waals surface area contributed by atoms with Crippen molar-refractivity contribution in [2.45, 2.75) is 12.5 Å². The van der Waals surface area contributed by atoms with Gasteiger partial charge in [0.05, 0.1) is 19.6 Å². The van der Waals surface area contributed by atoms with Gasteiger partial charge in [-0.05, 0) is 0 Å². The molecule has 1 heterocycles. The fraction of sp³-hybridized carbons (Fsp3) is 0.429. The van der Waals surface area contributed by atoms with Gasteiger partial charge < -0.3 is 14.6 Å². The molecular formula is C7H8O5. The molecule has 0 aromatic heterocycles. The zero-order chi connectivity index (χ0) is 9.14. The van der Waals surface area contributed by atoms with Crippen LogP contribution in [0, 0.1) is 0 Å². The number of ether oxygens (including phenoxy) is 2. The minimum Gasteiger partial charge on any atom is -0.497 e. The lowest BCUT2D eigenvalue weighted by atomic mass is 10.2. The molecule has 0 radical (unpaired) electrons. The Bertz CT molecular complexity index is 242. The number of carboxylic acids is 1. The van der Waals surface area contributed by atoms with Gasteiger partial charge in [0.2, 0.25) is 0 Å². The van der Waals surface area contributed by atoms with Crippen molar-refractivity contribution in [2.75, 3.05) is 7.11 Å². The molecule has 1 N–H and O–H groups in total. The highest BCUT2D eigenvalue weighted by Crippen LogP contribution is 2.18. The lowest BCUT2D eigenvalue weighted by Gasteiger charge is -2.09. The van der Waals surface area contributed by atoms with Crippen molar-refractivity contribution < 1.29 is 24.2 Å². The topological polar surface area (TPSA) is 72.8 Å². The Morgan fingerprint density at radius 2 is 2.50 bits per heavy atom. The standard InChI is InChI=1S/C7H8O5/c1-11-4-3-7(10)12-5(4)2-6(8)9/h3,5H,2H2,1H3,(H,8,9). The fourth-order valence-corrected chi connectivity index (χ4v) is 0.933. The number of carbonyl (C=O) groups is 2. The van der Waals surface area contributed by atoms with Crippen LogP contribution in [0.2, 0.25) is 0 Å². The number of carbonyl (C=O) groups excluding carboxylic acids is 1. The average molecular weight is 172 g/mol. The Labute approximate surface area is 68.6 Å². The Kier molecular flexibility index (Phi) is 2.32. The van der Waals surface area contributed by atoms with E-state index >= 15 is 0 Å². The number of cyclic esters (lactones) is 1. The van der Waals surface area contributed by atoms with Crippen molar-refractivity contribution in [1.29, 1.82) is 0 Å². The predicted molar refractivity (Wildman–Crippen MR) is 37.2 cm³/mol. The zero-order valence-corrected chi connectivity index (χ0v) is 6.44. The van der Waals surface area contributed by atoms with Gasteiger partial charge in [0.15, 0.2) is 6.10 Å². The van der Waals surface area contributed by atoms with E-state index in [1.807, 2.05) is 0 Å². The molecule has 1 rings (SSSR count). The minimum atomic E-state index is -1.03. The molecule has 1 unspecified atom stereocenters. The van der Waals surface area contributed by atoms with Crippen LogP contribution >= 0.6 is 0 Å². The molecule has 0 amide bonds. The van der Waals surface area contributed by atoms with E-state index < -0.39 is 18.0 Å². The van der Waals surface area contributed by atoms with Crippen LogP contribution in [0.3, 0.4) is 0 Å². The summed E-state index contributed by atoms with van der Waals surface area (Å²) in [5.74, 6) is -1.32. The molecule has 12 heavy (non-hydrogen) atoms. The van der Waals surface area contributed by atoms with Crippen LogP contribution < -0.4 is 0 Å². The number of carboxylic acid groups (broad SMARTS) is 1. The third kappa shape index (κ3) is 1.75. The molecule has 1 atom stereocenters. The summed E-state index contributed by atoms with van der Waals surface area (Å²) in [6.45, 7) is 0. The van der Waals surface area contributed by atoms with E-state index in [0.717, 1.165) is 6.08 Å². The van der Waals surface area contributed by atoms with E-state index in [-0.39, 0.29) is 12.2 Å². The fourth-order valence-electron chi connectivity index (χ4n) is 0.933. The van der Waals surface area contributed by atoms with Gasteiger partial charge in [-0.3, -0.25) is 4.79 Å². The van der Waals surface area contributed by atoms with Crippen LogP contribution in [0.1, 0.15) is 6.42 Å². The lowest BCUT2D eigenvalue weighted by Crippen LogP contribution is -2.17. The molecule has 0 bridgehead atoms. The first-order valence-corrected chi connectivity index (χ1v) is 3.31. The van der Waals surface area contributed by atoms with Crippen molar-refractivity contribution in [1.82, 2.24) is 0 Å². The third-order valence-corrected chi connectivity index (χ3v) is 1.43. The van der Waals surface area contributed by atoms with Crippen LogP contribution in [-0.4, -0.2) is 30.3 Å². The highest BCUT2D eigenvalue weighted by atomic mass is 16.6. The Balaban J connectivity index is 2.62. The second kappa shape index (κ2) is 3.25. The molecule has 0 spiro atoms. The van der Waals surface area contributed by atoms with E-state index in [1.165, 1.54) is 7.11 Å². The van der Waals surface area contributed by atoms with Crippen LogP contribution in [0.25, 0.3) is 0 Å². The van der Waals surface area contributed by atoms with Crippen molar-refractivity contribution in [2.24, 2.45) is 0 Å². The Morgan fingerprint density at radius 3 is 3.00 bits per heavy atom. The van der Waals surface area contributed by atoms with Crippen LogP contribution in [0.5, 0.6) is 0 Å². The van der Waals surface area contributed by atoms with Gasteiger partial charge in [0.25, 0.3) is 0 Å². The second-order valence-corrected chi connectivity index (χ2v) is 2.27. The van der Waals surface area contributed by atoms with E-state index in [0.29, 0.717) is 0 Å². The van der Waals surface area contributed by atoms with E-state index in [1.54, 1.807) is 0 Å². The molecule has 5 heteroatoms. The zero-order valence-electron chi connectivity index (χ0n) is 6.44. The van der Waals surface area contributed by atoms with Gasteiger partial charge in [0.1, 0.15) is 5.76 Å². The first kappa shape index (κ1) is 8.58. The summed E-state index contributed by atoms with van der Waals surface area (Å²) in [6.07, 6.45) is 0.124. The second-order valence-electron chi connectivity index (χ2n) is 2.27. The largest absolute Gasteiger partial charge is 0.497 e. The van der Waals surface area contributed by atoms with Gasteiger partial charge in [-0.2, -0.15) is 0 Å². The van der Waals surface area contributed by atoms with Gasteiger partial charge in [0, 0.05) is 0 Å². The summed E-state index contributed by atoms with van der Waals surface area (Å²) in [4.78, 5) is 20.9. The molecule has 5 nitrogen and oxygen atoms in total. The summed E-state index contributed by atoms with van der Waals surface area (Å²) < 4.78 is 9.39. The van der Waals surface area contributed by atoms with Crippen molar-refractivity contribution in [3.05, 3.63) is 11.8 Å². The first-order valence-electron chi connectivity index (χ1n) is 3.31. The molecule has 0 aromatic carbocycles. The molecule has 1 aliphatic heterocycles. The Hall–Kier alpha value is -1.52. The molecule has 0 saturated heterocycles. The highest BCUT2D eigenvalue weighted by Gasteiger charge is 2.29. The monoisotopic (exact) mass is 172 g/mol. The maximum Gasteiger partial charge on any atom is 0.335 e. The number of methoxy groups -OCH3 is 1. The molecule has 0 saturated carbocycles. The molecular weight excluding hydrogens is 164 g/mol. The number of rotatable bonds is 3. The number of hydrogen-bond acceptors (Lipinski definition) is 4. The smallest absolute Gasteiger partial charge is 0.335 e. The predicted octanol–water partition coefficient (Wildman–Crippen LogP) is -0.0832. The number of hydrogen-bond donors (Lipinski definition) is 1. The SMILES string of the molecule is COC1=CC(=O)OC1CC(=O)O. The minimum absolute atomic E-state index is 0.259. The summed E-state index contributed by atoms with van der Waals surface area (Å²) in [6, 6.07) is 0. The quantitative estimate of drug-likeness (QED) is 0.602. The lowest BCUT2D eigenvalue weighted by molar-refractivity contribution is -0.145. The Morgan fingerprint density at radius 1 is 1.83 bits per heavy atom.